The molecule has 4 aromatic rings. The fraction of sp³-hybridized carbons (Fsp3) is 0.0800. The Morgan fingerprint density at radius 3 is 2.34 bits per heavy atom. The first-order valence-corrected chi connectivity index (χ1v) is 9.43. The SMILES string of the molecule is O=C(Cc1ccncc1)c1ccc(-c2cccnc2)cc1OCc1ccccc1. The van der Waals surface area contributed by atoms with E-state index >= 15 is 0 Å². The van der Waals surface area contributed by atoms with Crippen molar-refractivity contribution in [1.29, 1.82) is 0 Å². The monoisotopic (exact) mass is 380 g/mol. The van der Waals surface area contributed by atoms with Crippen LogP contribution in [0.5, 0.6) is 5.75 Å². The molecular weight excluding hydrogens is 360 g/mol. The van der Waals surface area contributed by atoms with Gasteiger partial charge in [0, 0.05) is 36.8 Å². The normalized spacial score (nSPS) is 10.5. The van der Waals surface area contributed by atoms with Gasteiger partial charge < -0.3 is 4.74 Å². The summed E-state index contributed by atoms with van der Waals surface area (Å²) in [5.74, 6) is 0.589. The summed E-state index contributed by atoms with van der Waals surface area (Å²) in [6.45, 7) is 0.396. The third kappa shape index (κ3) is 4.74. The standard InChI is InChI=1S/C25H20N2O2/c28-24(15-19-10-13-26-14-11-19)23-9-8-21(22-7-4-12-27-17-22)16-25(23)29-18-20-5-2-1-3-6-20/h1-14,16-17H,15,18H2. The Kier molecular flexibility index (Phi) is 5.72. The maximum atomic E-state index is 13.0. The smallest absolute Gasteiger partial charge is 0.170 e. The first-order chi connectivity index (χ1) is 14.3. The van der Waals surface area contributed by atoms with Crippen LogP contribution in [0.3, 0.4) is 0 Å². The Morgan fingerprint density at radius 2 is 1.59 bits per heavy atom. The quantitative estimate of drug-likeness (QED) is 0.416. The van der Waals surface area contributed by atoms with E-state index < -0.39 is 0 Å². The summed E-state index contributed by atoms with van der Waals surface area (Å²) in [5.41, 5.74) is 4.49. The predicted molar refractivity (Wildman–Crippen MR) is 113 cm³/mol. The Labute approximate surface area is 169 Å². The number of benzene rings is 2. The zero-order chi connectivity index (χ0) is 19.9. The molecule has 0 aliphatic heterocycles. The van der Waals surface area contributed by atoms with Crippen LogP contribution >= 0.6 is 0 Å². The number of aromatic nitrogens is 2. The molecular formula is C25H20N2O2. The molecule has 0 radical (unpaired) electrons. The minimum atomic E-state index is 0.0111. The lowest BCUT2D eigenvalue weighted by Crippen LogP contribution is -2.07. The highest BCUT2D eigenvalue weighted by atomic mass is 16.5. The van der Waals surface area contributed by atoms with Gasteiger partial charge in [0.15, 0.2) is 5.78 Å². The van der Waals surface area contributed by atoms with Crippen LogP contribution in [0.15, 0.2) is 97.6 Å². The topological polar surface area (TPSA) is 52.1 Å². The van der Waals surface area contributed by atoms with Crippen molar-refractivity contribution in [3.05, 3.63) is 114 Å². The van der Waals surface area contributed by atoms with Crippen molar-refractivity contribution in [3.8, 4) is 16.9 Å². The van der Waals surface area contributed by atoms with Crippen molar-refractivity contribution < 1.29 is 9.53 Å². The fourth-order valence-corrected chi connectivity index (χ4v) is 3.10. The number of ketones is 1. The molecule has 0 aliphatic carbocycles. The number of carbonyl (C=O) groups excluding carboxylic acids is 1. The van der Waals surface area contributed by atoms with E-state index in [0.29, 0.717) is 24.3 Å². The highest BCUT2D eigenvalue weighted by Gasteiger charge is 2.15. The Balaban J connectivity index is 1.64. The van der Waals surface area contributed by atoms with Gasteiger partial charge in [0.05, 0.1) is 5.56 Å². The Morgan fingerprint density at radius 1 is 0.759 bits per heavy atom. The van der Waals surface area contributed by atoms with Crippen molar-refractivity contribution in [3.63, 3.8) is 0 Å². The van der Waals surface area contributed by atoms with E-state index in [1.807, 2.05) is 72.8 Å². The van der Waals surface area contributed by atoms with Gasteiger partial charge >= 0.3 is 0 Å². The summed E-state index contributed by atoms with van der Waals surface area (Å²) in [5, 5.41) is 0. The highest BCUT2D eigenvalue weighted by Crippen LogP contribution is 2.29. The number of hydrogen-bond acceptors (Lipinski definition) is 4. The van der Waals surface area contributed by atoms with Crippen LogP contribution in [-0.4, -0.2) is 15.8 Å². The summed E-state index contributed by atoms with van der Waals surface area (Å²) in [7, 11) is 0. The van der Waals surface area contributed by atoms with Crippen LogP contribution < -0.4 is 4.74 Å². The van der Waals surface area contributed by atoms with Crippen molar-refractivity contribution in [2.45, 2.75) is 13.0 Å². The van der Waals surface area contributed by atoms with E-state index in [1.54, 1.807) is 24.8 Å². The van der Waals surface area contributed by atoms with E-state index in [1.165, 1.54) is 0 Å². The van der Waals surface area contributed by atoms with E-state index in [-0.39, 0.29) is 5.78 Å². The molecule has 0 N–H and O–H groups in total. The van der Waals surface area contributed by atoms with E-state index in [2.05, 4.69) is 9.97 Å². The van der Waals surface area contributed by atoms with Gasteiger partial charge in [0.25, 0.3) is 0 Å². The molecule has 2 aromatic heterocycles. The number of nitrogens with zero attached hydrogens (tertiary/aromatic N) is 2. The molecule has 0 bridgehead atoms. The second-order valence-electron chi connectivity index (χ2n) is 6.68. The van der Waals surface area contributed by atoms with Crippen molar-refractivity contribution in [2.75, 3.05) is 0 Å². The second-order valence-corrected chi connectivity index (χ2v) is 6.68. The summed E-state index contributed by atoms with van der Waals surface area (Å²) in [6.07, 6.45) is 7.23. The zero-order valence-electron chi connectivity index (χ0n) is 15.9. The molecule has 29 heavy (non-hydrogen) atoms. The highest BCUT2D eigenvalue weighted by molar-refractivity contribution is 6.00. The van der Waals surface area contributed by atoms with Crippen LogP contribution in [0.25, 0.3) is 11.1 Å². The first kappa shape index (κ1) is 18.6. The minimum Gasteiger partial charge on any atom is -0.488 e. The van der Waals surface area contributed by atoms with Gasteiger partial charge in [-0.2, -0.15) is 0 Å². The molecule has 0 amide bonds. The maximum Gasteiger partial charge on any atom is 0.170 e. The predicted octanol–water partition coefficient (Wildman–Crippen LogP) is 5.15. The molecule has 4 nitrogen and oxygen atoms in total. The molecule has 0 aliphatic rings. The molecule has 2 heterocycles. The van der Waals surface area contributed by atoms with Gasteiger partial charge in [-0.15, -0.1) is 0 Å². The number of pyridine rings is 2. The van der Waals surface area contributed by atoms with Crippen LogP contribution in [0, 0.1) is 0 Å². The summed E-state index contributed by atoms with van der Waals surface area (Å²) >= 11 is 0. The van der Waals surface area contributed by atoms with Crippen LogP contribution in [-0.2, 0) is 13.0 Å². The van der Waals surface area contributed by atoms with E-state index in [0.717, 1.165) is 22.3 Å². The lowest BCUT2D eigenvalue weighted by atomic mass is 9.99. The first-order valence-electron chi connectivity index (χ1n) is 9.43. The van der Waals surface area contributed by atoms with Crippen LogP contribution in [0.2, 0.25) is 0 Å². The van der Waals surface area contributed by atoms with E-state index in [4.69, 9.17) is 4.74 Å². The average Bonchev–Trinajstić information content (AvgIpc) is 2.79. The second kappa shape index (κ2) is 8.93. The Bertz CT molecular complexity index is 1080. The van der Waals surface area contributed by atoms with Crippen LogP contribution in [0.1, 0.15) is 21.5 Å². The van der Waals surface area contributed by atoms with Gasteiger partial charge in [-0.3, -0.25) is 14.8 Å². The number of ether oxygens (including phenoxy) is 1. The largest absolute Gasteiger partial charge is 0.488 e. The molecule has 0 spiro atoms. The van der Waals surface area contributed by atoms with Gasteiger partial charge in [0.1, 0.15) is 12.4 Å². The molecule has 0 saturated heterocycles. The number of carbonyl (C=O) groups is 1. The van der Waals surface area contributed by atoms with Gasteiger partial charge in [0.2, 0.25) is 0 Å². The van der Waals surface area contributed by atoms with Crippen LogP contribution in [0.4, 0.5) is 0 Å². The molecule has 0 unspecified atom stereocenters. The zero-order valence-corrected chi connectivity index (χ0v) is 15.9. The van der Waals surface area contributed by atoms with Crippen molar-refractivity contribution in [1.82, 2.24) is 9.97 Å². The maximum absolute atomic E-state index is 13.0. The Hall–Kier alpha value is -3.79. The van der Waals surface area contributed by atoms with Crippen molar-refractivity contribution in [2.24, 2.45) is 0 Å². The molecule has 142 valence electrons. The molecule has 0 fully saturated rings. The van der Waals surface area contributed by atoms with Gasteiger partial charge in [-0.05, 0) is 47.0 Å². The van der Waals surface area contributed by atoms with E-state index in [9.17, 15) is 4.79 Å². The molecule has 4 rings (SSSR count). The average molecular weight is 380 g/mol. The molecule has 2 aromatic carbocycles. The third-order valence-electron chi connectivity index (χ3n) is 4.63. The minimum absolute atomic E-state index is 0.0111. The summed E-state index contributed by atoms with van der Waals surface area (Å²) < 4.78 is 6.09. The third-order valence-corrected chi connectivity index (χ3v) is 4.63. The number of hydrogen-bond donors (Lipinski definition) is 0. The van der Waals surface area contributed by atoms with Gasteiger partial charge in [-0.1, -0.05) is 42.5 Å². The summed E-state index contributed by atoms with van der Waals surface area (Å²) in [4.78, 5) is 21.2. The van der Waals surface area contributed by atoms with Crippen molar-refractivity contribution >= 4 is 5.78 Å². The fourth-order valence-electron chi connectivity index (χ4n) is 3.10. The number of rotatable bonds is 7. The molecule has 0 saturated carbocycles. The molecule has 0 atom stereocenters. The molecule has 4 heteroatoms. The number of Topliss-reactive ketones (excluding diaryl/α,β-unsaturated/α-hetero) is 1. The van der Waals surface area contributed by atoms with Gasteiger partial charge in [-0.25, -0.2) is 0 Å². The summed E-state index contributed by atoms with van der Waals surface area (Å²) in [6, 6.07) is 23.2. The lowest BCUT2D eigenvalue weighted by molar-refractivity contribution is 0.0988. The lowest BCUT2D eigenvalue weighted by Gasteiger charge is -2.13.